The molecular weight excluding hydrogens is 1150 g/mol. The van der Waals surface area contributed by atoms with E-state index >= 15 is 0 Å². The first-order valence-electron chi connectivity index (χ1n) is 32.6. The second-order valence-corrected chi connectivity index (χ2v) is 25.0. The average Bonchev–Trinajstić information content (AvgIpc) is 1.51. The zero-order chi connectivity index (χ0) is 62.6. The van der Waals surface area contributed by atoms with Crippen LogP contribution in [-0.4, -0.2) is 0 Å². The van der Waals surface area contributed by atoms with Crippen LogP contribution in [0.4, 0.5) is 34.1 Å². The molecule has 2 aliphatic carbocycles. The summed E-state index contributed by atoms with van der Waals surface area (Å²) in [5.41, 5.74) is 30.4. The average molecular weight is 1210 g/mol. The molecule has 0 aliphatic heterocycles. The van der Waals surface area contributed by atoms with E-state index in [0.29, 0.717) is 0 Å². The van der Waals surface area contributed by atoms with E-state index in [9.17, 15) is 0 Å². The van der Waals surface area contributed by atoms with Gasteiger partial charge in [-0.05, 0) is 174 Å². The maximum atomic E-state index is 6.64. The van der Waals surface area contributed by atoms with Crippen LogP contribution in [0.3, 0.4) is 0 Å². The zero-order valence-corrected chi connectivity index (χ0v) is 51.7. The Morgan fingerprint density at radius 2 is 0.516 bits per heavy atom. The molecular formula is C91H58N2O2. The molecule has 0 saturated carbocycles. The molecule has 0 bridgehead atoms. The molecule has 4 nitrogen and oxygen atoms in total. The first-order valence-corrected chi connectivity index (χ1v) is 32.6. The monoisotopic (exact) mass is 1210 g/mol. The van der Waals surface area contributed by atoms with Gasteiger partial charge in [0.1, 0.15) is 22.3 Å². The van der Waals surface area contributed by atoms with Crippen LogP contribution in [0.15, 0.2) is 361 Å². The molecule has 2 aliphatic rings. The van der Waals surface area contributed by atoms with E-state index < -0.39 is 5.41 Å². The van der Waals surface area contributed by atoms with Crippen molar-refractivity contribution in [1.29, 1.82) is 0 Å². The maximum absolute atomic E-state index is 6.64. The first-order chi connectivity index (χ1) is 47.1. The Bertz CT molecular complexity index is 5500. The third kappa shape index (κ3) is 8.69. The predicted octanol–water partition coefficient (Wildman–Crippen LogP) is 25.1. The highest BCUT2D eigenvalue weighted by Gasteiger charge is 2.51. The van der Waals surface area contributed by atoms with Gasteiger partial charge in [-0.2, -0.15) is 0 Å². The van der Waals surface area contributed by atoms with Crippen LogP contribution in [0.2, 0.25) is 0 Å². The van der Waals surface area contributed by atoms with Gasteiger partial charge in [-0.15, -0.1) is 0 Å². The normalized spacial score (nSPS) is 12.5. The molecule has 1 spiro atoms. The summed E-state index contributed by atoms with van der Waals surface area (Å²) >= 11 is 0. The van der Waals surface area contributed by atoms with E-state index in [1.165, 1.54) is 44.5 Å². The minimum Gasteiger partial charge on any atom is -0.455 e. The largest absolute Gasteiger partial charge is 0.455 e. The number of hydrogen-bond donors (Lipinski definition) is 0. The lowest BCUT2D eigenvalue weighted by Gasteiger charge is -2.31. The molecule has 0 atom stereocenters. The van der Waals surface area contributed by atoms with Crippen LogP contribution in [-0.2, 0) is 5.41 Å². The van der Waals surface area contributed by atoms with Crippen molar-refractivity contribution in [3.05, 3.63) is 374 Å². The Kier molecular flexibility index (Phi) is 12.5. The van der Waals surface area contributed by atoms with Gasteiger partial charge in [0, 0.05) is 66.8 Å². The Labute approximate surface area is 550 Å². The highest BCUT2D eigenvalue weighted by atomic mass is 16.3. The molecule has 95 heavy (non-hydrogen) atoms. The number of para-hydroxylation sites is 4. The van der Waals surface area contributed by atoms with Gasteiger partial charge in [-0.3, -0.25) is 0 Å². The molecule has 15 aromatic carbocycles. The molecule has 2 aromatic heterocycles. The van der Waals surface area contributed by atoms with Crippen LogP contribution >= 0.6 is 0 Å². The van der Waals surface area contributed by atoms with E-state index in [-0.39, 0.29) is 0 Å². The highest BCUT2D eigenvalue weighted by Crippen LogP contribution is 2.63. The Morgan fingerprint density at radius 3 is 0.947 bits per heavy atom. The number of rotatable bonds is 11. The summed E-state index contributed by atoms with van der Waals surface area (Å²) in [5.74, 6) is 0. The zero-order valence-electron chi connectivity index (χ0n) is 51.7. The van der Waals surface area contributed by atoms with Crippen molar-refractivity contribution in [3.63, 3.8) is 0 Å². The third-order valence-corrected chi connectivity index (χ3v) is 19.9. The molecule has 17 aromatic rings. The molecule has 444 valence electrons. The summed E-state index contributed by atoms with van der Waals surface area (Å²) in [4.78, 5) is 4.85. The predicted molar refractivity (Wildman–Crippen MR) is 394 cm³/mol. The molecule has 0 radical (unpaired) electrons. The summed E-state index contributed by atoms with van der Waals surface area (Å²) in [6.45, 7) is 0. The molecule has 0 saturated heterocycles. The number of hydrogen-bond acceptors (Lipinski definition) is 4. The summed E-state index contributed by atoms with van der Waals surface area (Å²) in [6.07, 6.45) is 0. The summed E-state index contributed by atoms with van der Waals surface area (Å²) in [7, 11) is 0. The Morgan fingerprint density at radius 1 is 0.189 bits per heavy atom. The van der Waals surface area contributed by atoms with Crippen LogP contribution in [0.25, 0.3) is 122 Å². The summed E-state index contributed by atoms with van der Waals surface area (Å²) < 4.78 is 13.3. The standard InChI is InChI=1S/C91H58N2O2/c1-3-19-59(20-4-1)61-37-46-67(47-38-61)92(69-50-41-63(42-51-69)73-28-17-30-81-79-26-10-15-35-87(79)94-89(73)81)71-55-66(65-45-54-78-77-25-9-14-34-85(77)91(86(78)57-65)83-32-12-7-23-75(83)76-24-8-13-33-84(76)91)56-72(58-71)93(68-48-39-62(40-49-68)60-21-5-2-6-22-60)70-52-43-64(44-53-70)74-29-18-31-82-80-27-11-16-36-88(80)95-90(74)82/h1-58H. The van der Waals surface area contributed by atoms with Crippen LogP contribution < -0.4 is 9.80 Å². The van der Waals surface area contributed by atoms with Gasteiger partial charge in [0.2, 0.25) is 0 Å². The molecule has 4 heteroatoms. The smallest absolute Gasteiger partial charge is 0.143 e. The van der Waals surface area contributed by atoms with Gasteiger partial charge < -0.3 is 18.6 Å². The number of nitrogens with zero attached hydrogens (tertiary/aromatic N) is 2. The fraction of sp³-hybridized carbons (Fsp3) is 0.0110. The topological polar surface area (TPSA) is 32.8 Å². The van der Waals surface area contributed by atoms with Crippen molar-refractivity contribution in [2.45, 2.75) is 5.41 Å². The molecule has 0 N–H and O–H groups in total. The van der Waals surface area contributed by atoms with E-state index in [0.717, 1.165) is 134 Å². The van der Waals surface area contributed by atoms with E-state index in [1.807, 2.05) is 12.1 Å². The lowest BCUT2D eigenvalue weighted by molar-refractivity contribution is 0.669. The van der Waals surface area contributed by atoms with Gasteiger partial charge >= 0.3 is 0 Å². The fourth-order valence-electron chi connectivity index (χ4n) is 15.6. The Balaban J connectivity index is 0.840. The number of anilines is 6. The maximum Gasteiger partial charge on any atom is 0.143 e. The van der Waals surface area contributed by atoms with Gasteiger partial charge in [0.05, 0.1) is 5.41 Å². The van der Waals surface area contributed by atoms with Crippen LogP contribution in [0.5, 0.6) is 0 Å². The van der Waals surface area contributed by atoms with E-state index in [4.69, 9.17) is 8.83 Å². The van der Waals surface area contributed by atoms with E-state index in [2.05, 4.69) is 350 Å². The van der Waals surface area contributed by atoms with Crippen molar-refractivity contribution < 1.29 is 8.83 Å². The van der Waals surface area contributed by atoms with Crippen LogP contribution in [0, 0.1) is 0 Å². The van der Waals surface area contributed by atoms with Crippen LogP contribution in [0.1, 0.15) is 22.3 Å². The van der Waals surface area contributed by atoms with Crippen molar-refractivity contribution in [2.75, 3.05) is 9.80 Å². The lowest BCUT2D eigenvalue weighted by Crippen LogP contribution is -2.25. The van der Waals surface area contributed by atoms with Gasteiger partial charge in [0.15, 0.2) is 0 Å². The lowest BCUT2D eigenvalue weighted by atomic mass is 9.70. The SMILES string of the molecule is c1ccc(-c2ccc(N(c3ccc(-c4cccc5c4oc4ccccc45)cc3)c3cc(-c4ccc5c(c4)C4(c6ccccc6-c6ccccc64)c4ccccc4-5)cc(N(c4ccc(-c5ccccc5)cc4)c4ccc(-c5cccc6c5oc5ccccc56)cc4)c3)cc2)cc1. The molecule has 0 amide bonds. The van der Waals surface area contributed by atoms with Crippen molar-refractivity contribution in [1.82, 2.24) is 0 Å². The Hall–Kier alpha value is -12.5. The van der Waals surface area contributed by atoms with Gasteiger partial charge in [0.25, 0.3) is 0 Å². The van der Waals surface area contributed by atoms with Crippen molar-refractivity contribution in [2.24, 2.45) is 0 Å². The molecule has 19 rings (SSSR count). The number of fused-ring (bicyclic) bond motifs is 16. The minimum absolute atomic E-state index is 0.530. The second-order valence-electron chi connectivity index (χ2n) is 25.0. The number of benzene rings is 15. The van der Waals surface area contributed by atoms with Gasteiger partial charge in [-0.1, -0.05) is 267 Å². The minimum atomic E-state index is -0.530. The van der Waals surface area contributed by atoms with Crippen molar-refractivity contribution in [3.8, 4) is 77.9 Å². The first kappa shape index (κ1) is 54.3. The number of furan rings is 2. The summed E-state index contributed by atoms with van der Waals surface area (Å²) in [6, 6.07) is 129. The fourth-order valence-corrected chi connectivity index (χ4v) is 15.6. The quantitative estimate of drug-likeness (QED) is 0.129. The molecule has 0 fully saturated rings. The molecule has 0 unspecified atom stereocenters. The van der Waals surface area contributed by atoms with E-state index in [1.54, 1.807) is 0 Å². The van der Waals surface area contributed by atoms with Gasteiger partial charge in [-0.25, -0.2) is 0 Å². The van der Waals surface area contributed by atoms with Crippen molar-refractivity contribution >= 4 is 78.0 Å². The molecule has 2 heterocycles. The highest BCUT2D eigenvalue weighted by molar-refractivity contribution is 6.11. The summed E-state index contributed by atoms with van der Waals surface area (Å²) in [5, 5.41) is 4.43. The third-order valence-electron chi connectivity index (χ3n) is 19.9. The second kappa shape index (κ2) is 21.8.